The molecule has 0 spiro atoms. The minimum absolute atomic E-state index is 0.189. The summed E-state index contributed by atoms with van der Waals surface area (Å²) in [4.78, 5) is 2.68. The Morgan fingerprint density at radius 2 is 2.25 bits per heavy atom. The van der Waals surface area contributed by atoms with Gasteiger partial charge in [0.15, 0.2) is 0 Å². The van der Waals surface area contributed by atoms with E-state index in [1.165, 1.54) is 19.3 Å². The number of nitrogens with two attached hydrogens (primary N) is 1. The molecule has 3 N–H and O–H groups in total. The molecule has 0 aliphatic heterocycles. The van der Waals surface area contributed by atoms with Crippen LogP contribution in [0.15, 0.2) is 18.2 Å². The van der Waals surface area contributed by atoms with Crippen LogP contribution in [0.4, 0.5) is 0 Å². The molecular weight excluding hydrogens is 272 g/mol. The van der Waals surface area contributed by atoms with Crippen molar-refractivity contribution >= 4 is 17.2 Å². The Hall–Kier alpha value is -1.17. The third kappa shape index (κ3) is 3.48. The number of rotatable bonds is 7. The number of methoxy groups -OCH3 is 1. The third-order valence-electron chi connectivity index (χ3n) is 3.89. The monoisotopic (exact) mass is 294 g/mol. The number of ether oxygens (including phenoxy) is 1. The summed E-state index contributed by atoms with van der Waals surface area (Å²) >= 11 is 5.07. The Kier molecular flexibility index (Phi) is 5.34. The topological polar surface area (TPSA) is 58.7 Å². The molecule has 0 aromatic heterocycles. The first-order valence-electron chi connectivity index (χ1n) is 6.97. The summed E-state index contributed by atoms with van der Waals surface area (Å²) in [7, 11) is 1.61. The molecule has 0 radical (unpaired) electrons. The fourth-order valence-corrected chi connectivity index (χ4v) is 2.71. The van der Waals surface area contributed by atoms with Crippen LogP contribution in [0.5, 0.6) is 5.75 Å². The number of thiocarbonyl (C=S) groups is 1. The van der Waals surface area contributed by atoms with Gasteiger partial charge < -0.3 is 15.6 Å². The van der Waals surface area contributed by atoms with Gasteiger partial charge >= 0.3 is 0 Å². The molecular formula is C15H22N2O2S. The van der Waals surface area contributed by atoms with E-state index in [2.05, 4.69) is 4.90 Å². The first-order chi connectivity index (χ1) is 9.65. The second-order valence-corrected chi connectivity index (χ2v) is 5.62. The lowest BCUT2D eigenvalue weighted by Gasteiger charge is -2.37. The molecule has 1 aliphatic carbocycles. The summed E-state index contributed by atoms with van der Waals surface area (Å²) in [5.41, 5.74) is 7.67. The van der Waals surface area contributed by atoms with Crippen molar-refractivity contribution < 1.29 is 9.84 Å². The van der Waals surface area contributed by atoms with E-state index in [0.29, 0.717) is 23.3 Å². The first kappa shape index (κ1) is 15.2. The second kappa shape index (κ2) is 7.02. The fourth-order valence-electron chi connectivity index (χ4n) is 2.55. The molecule has 20 heavy (non-hydrogen) atoms. The molecule has 0 heterocycles. The number of aliphatic hydroxyl groups excluding tert-OH is 1. The lowest BCUT2D eigenvalue weighted by Crippen LogP contribution is -2.41. The zero-order valence-electron chi connectivity index (χ0n) is 11.8. The van der Waals surface area contributed by atoms with E-state index in [1.54, 1.807) is 7.11 Å². The Morgan fingerprint density at radius 3 is 2.75 bits per heavy atom. The Bertz CT molecular complexity index is 475. The molecule has 1 aromatic rings. The van der Waals surface area contributed by atoms with Crippen molar-refractivity contribution in [3.8, 4) is 5.75 Å². The normalized spacial score (nSPS) is 15.2. The largest absolute Gasteiger partial charge is 0.496 e. The van der Waals surface area contributed by atoms with Crippen molar-refractivity contribution in [1.82, 2.24) is 4.90 Å². The first-order valence-corrected chi connectivity index (χ1v) is 7.38. The number of hydrogen-bond acceptors (Lipinski definition) is 4. The molecule has 5 heteroatoms. The quantitative estimate of drug-likeness (QED) is 0.749. The number of benzene rings is 1. The Morgan fingerprint density at radius 1 is 1.50 bits per heavy atom. The molecule has 1 aromatic carbocycles. The van der Waals surface area contributed by atoms with Gasteiger partial charge in [0.1, 0.15) is 10.7 Å². The van der Waals surface area contributed by atoms with E-state index in [-0.39, 0.29) is 6.61 Å². The van der Waals surface area contributed by atoms with Crippen LogP contribution in [-0.4, -0.2) is 41.3 Å². The number of hydrogen-bond donors (Lipinski definition) is 2. The lowest BCUT2D eigenvalue weighted by atomic mass is 9.91. The van der Waals surface area contributed by atoms with Crippen molar-refractivity contribution in [3.63, 3.8) is 0 Å². The van der Waals surface area contributed by atoms with Crippen molar-refractivity contribution in [1.29, 1.82) is 0 Å². The average molecular weight is 294 g/mol. The smallest absolute Gasteiger partial charge is 0.129 e. The minimum Gasteiger partial charge on any atom is -0.496 e. The van der Waals surface area contributed by atoms with Crippen LogP contribution in [0.2, 0.25) is 0 Å². The van der Waals surface area contributed by atoms with Gasteiger partial charge in [-0.2, -0.15) is 0 Å². The van der Waals surface area contributed by atoms with E-state index >= 15 is 0 Å². The molecule has 0 bridgehead atoms. The summed E-state index contributed by atoms with van der Waals surface area (Å²) in [6, 6.07) is 6.52. The van der Waals surface area contributed by atoms with Gasteiger partial charge in [-0.25, -0.2) is 0 Å². The van der Waals surface area contributed by atoms with E-state index in [0.717, 1.165) is 17.7 Å². The summed E-state index contributed by atoms with van der Waals surface area (Å²) in [6.07, 6.45) is 3.73. The molecule has 4 nitrogen and oxygen atoms in total. The zero-order chi connectivity index (χ0) is 14.5. The third-order valence-corrected chi connectivity index (χ3v) is 4.11. The number of nitrogens with zero attached hydrogens (tertiary/aromatic N) is 1. The maximum absolute atomic E-state index is 9.21. The van der Waals surface area contributed by atoms with Crippen LogP contribution in [0.3, 0.4) is 0 Å². The number of aliphatic hydroxyl groups is 1. The molecule has 0 unspecified atom stereocenters. The second-order valence-electron chi connectivity index (χ2n) is 5.18. The molecule has 0 amide bonds. The average Bonchev–Trinajstić information content (AvgIpc) is 2.36. The van der Waals surface area contributed by atoms with Crippen LogP contribution in [0.25, 0.3) is 0 Å². The fraction of sp³-hybridized carbons (Fsp3) is 0.533. The van der Waals surface area contributed by atoms with E-state index in [4.69, 9.17) is 22.7 Å². The minimum atomic E-state index is 0.189. The van der Waals surface area contributed by atoms with Gasteiger partial charge in [0.25, 0.3) is 0 Å². The van der Waals surface area contributed by atoms with Crippen LogP contribution in [-0.2, 0) is 6.54 Å². The highest BCUT2D eigenvalue weighted by molar-refractivity contribution is 7.80. The van der Waals surface area contributed by atoms with Gasteiger partial charge in [-0.05, 0) is 30.5 Å². The summed E-state index contributed by atoms with van der Waals surface area (Å²) in [5, 5.41) is 9.21. The van der Waals surface area contributed by atoms with Crippen molar-refractivity contribution in [2.24, 2.45) is 5.73 Å². The molecule has 1 fully saturated rings. The molecule has 1 aliphatic rings. The standard InChI is InChI=1S/C15H22N2O2S/c1-19-14-6-5-11(9-13(14)15(16)20)10-17(7-8-18)12-3-2-4-12/h5-6,9,12,18H,2-4,7-8,10H2,1H3,(H2,16,20). The van der Waals surface area contributed by atoms with Gasteiger partial charge in [-0.3, -0.25) is 4.90 Å². The van der Waals surface area contributed by atoms with Crippen molar-refractivity contribution in [2.75, 3.05) is 20.3 Å². The predicted molar refractivity (Wildman–Crippen MR) is 84.0 cm³/mol. The summed E-state index contributed by atoms with van der Waals surface area (Å²) in [5.74, 6) is 0.707. The summed E-state index contributed by atoms with van der Waals surface area (Å²) < 4.78 is 5.27. The van der Waals surface area contributed by atoms with Crippen molar-refractivity contribution in [2.45, 2.75) is 31.8 Å². The lowest BCUT2D eigenvalue weighted by molar-refractivity contribution is 0.0945. The van der Waals surface area contributed by atoms with Gasteiger partial charge in [-0.15, -0.1) is 0 Å². The van der Waals surface area contributed by atoms with Gasteiger partial charge in [0.2, 0.25) is 0 Å². The molecule has 2 rings (SSSR count). The predicted octanol–water partition coefficient (Wildman–Crippen LogP) is 1.68. The van der Waals surface area contributed by atoms with Crippen LogP contribution in [0.1, 0.15) is 30.4 Å². The van der Waals surface area contributed by atoms with Crippen LogP contribution in [0, 0.1) is 0 Å². The zero-order valence-corrected chi connectivity index (χ0v) is 12.7. The Balaban J connectivity index is 2.14. The maximum Gasteiger partial charge on any atom is 0.129 e. The molecule has 0 saturated heterocycles. The van der Waals surface area contributed by atoms with E-state index in [9.17, 15) is 5.11 Å². The van der Waals surface area contributed by atoms with Gasteiger partial charge in [0.05, 0.1) is 19.3 Å². The Labute approximate surface area is 125 Å². The summed E-state index contributed by atoms with van der Waals surface area (Å²) in [6.45, 7) is 1.71. The van der Waals surface area contributed by atoms with Crippen molar-refractivity contribution in [3.05, 3.63) is 29.3 Å². The highest BCUT2D eigenvalue weighted by Crippen LogP contribution is 2.27. The van der Waals surface area contributed by atoms with Crippen LogP contribution >= 0.6 is 12.2 Å². The van der Waals surface area contributed by atoms with Crippen LogP contribution < -0.4 is 10.5 Å². The van der Waals surface area contributed by atoms with Gasteiger partial charge in [0, 0.05) is 19.1 Å². The molecule has 110 valence electrons. The molecule has 1 saturated carbocycles. The maximum atomic E-state index is 9.21. The SMILES string of the molecule is COc1ccc(CN(CCO)C2CCC2)cc1C(N)=S. The highest BCUT2D eigenvalue weighted by atomic mass is 32.1. The van der Waals surface area contributed by atoms with E-state index < -0.39 is 0 Å². The molecule has 0 atom stereocenters. The van der Waals surface area contributed by atoms with E-state index in [1.807, 2.05) is 18.2 Å². The highest BCUT2D eigenvalue weighted by Gasteiger charge is 2.24. The van der Waals surface area contributed by atoms with Gasteiger partial charge in [-0.1, -0.05) is 24.7 Å².